The average Bonchev–Trinajstić information content (AvgIpc) is 2.66. The van der Waals surface area contributed by atoms with Gasteiger partial charge in [-0.25, -0.2) is 0 Å². The number of halogens is 1. The minimum Gasteiger partial charge on any atom is -0.486 e. The Morgan fingerprint density at radius 3 is 2.77 bits per heavy atom. The highest BCUT2D eigenvalue weighted by Crippen LogP contribution is 2.32. The van der Waals surface area contributed by atoms with Gasteiger partial charge in [-0.1, -0.05) is 17.7 Å². The van der Waals surface area contributed by atoms with Crippen LogP contribution in [-0.2, 0) is 4.79 Å². The molecule has 1 heterocycles. The average molecular weight is 373 g/mol. The van der Waals surface area contributed by atoms with Crippen LogP contribution in [0.3, 0.4) is 0 Å². The number of benzene rings is 2. The molecule has 2 aromatic rings. The lowest BCUT2D eigenvalue weighted by Gasteiger charge is -2.21. The van der Waals surface area contributed by atoms with Crippen molar-refractivity contribution in [2.75, 3.05) is 19.8 Å². The van der Waals surface area contributed by atoms with Gasteiger partial charge < -0.3 is 19.5 Å². The highest BCUT2D eigenvalue weighted by Gasteiger charge is 2.16. The quantitative estimate of drug-likeness (QED) is 0.871. The van der Waals surface area contributed by atoms with Gasteiger partial charge in [0.25, 0.3) is 5.91 Å². The van der Waals surface area contributed by atoms with Gasteiger partial charge in [0, 0.05) is 0 Å². The Morgan fingerprint density at radius 2 is 2.04 bits per heavy atom. The van der Waals surface area contributed by atoms with Gasteiger partial charge in [-0.05, 0) is 42.8 Å². The Morgan fingerprint density at radius 1 is 1.27 bits per heavy atom. The number of carbonyl (C=O) groups is 1. The summed E-state index contributed by atoms with van der Waals surface area (Å²) in [5.74, 6) is 1.45. The number of amides is 1. The molecule has 0 spiro atoms. The minimum atomic E-state index is -0.284. The predicted octanol–water partition coefficient (Wildman–Crippen LogP) is 3.24. The smallest absolute Gasteiger partial charge is 0.258 e. The first-order valence-corrected chi connectivity index (χ1v) is 8.46. The van der Waals surface area contributed by atoms with Crippen molar-refractivity contribution in [1.29, 1.82) is 5.26 Å². The molecular formula is C19H17ClN2O4. The Bertz CT molecular complexity index is 863. The van der Waals surface area contributed by atoms with Crippen LogP contribution in [0.1, 0.15) is 24.1 Å². The number of rotatable bonds is 5. The summed E-state index contributed by atoms with van der Waals surface area (Å²) in [7, 11) is 0. The fourth-order valence-corrected chi connectivity index (χ4v) is 2.76. The Hall–Kier alpha value is -2.91. The molecule has 0 saturated carbocycles. The van der Waals surface area contributed by atoms with Gasteiger partial charge in [0.2, 0.25) is 0 Å². The van der Waals surface area contributed by atoms with Crippen LogP contribution in [0.4, 0.5) is 0 Å². The largest absolute Gasteiger partial charge is 0.486 e. The third kappa shape index (κ3) is 4.19. The predicted molar refractivity (Wildman–Crippen MR) is 95.7 cm³/mol. The van der Waals surface area contributed by atoms with Crippen molar-refractivity contribution in [2.45, 2.75) is 13.0 Å². The summed E-state index contributed by atoms with van der Waals surface area (Å²) < 4.78 is 16.5. The van der Waals surface area contributed by atoms with Crippen molar-refractivity contribution in [2.24, 2.45) is 0 Å². The van der Waals surface area contributed by atoms with Crippen molar-refractivity contribution in [3.63, 3.8) is 0 Å². The zero-order chi connectivity index (χ0) is 18.5. The number of hydrogen-bond acceptors (Lipinski definition) is 5. The molecule has 134 valence electrons. The van der Waals surface area contributed by atoms with Crippen molar-refractivity contribution in [3.05, 3.63) is 52.5 Å². The topological polar surface area (TPSA) is 80.6 Å². The Kier molecular flexibility index (Phi) is 5.49. The molecule has 0 saturated heterocycles. The molecule has 1 aliphatic rings. The molecule has 0 aromatic heterocycles. The molecule has 1 atom stereocenters. The van der Waals surface area contributed by atoms with E-state index in [0.29, 0.717) is 36.0 Å². The van der Waals surface area contributed by atoms with Crippen LogP contribution in [0, 0.1) is 11.3 Å². The summed E-state index contributed by atoms with van der Waals surface area (Å²) in [6.07, 6.45) is 0. The van der Waals surface area contributed by atoms with E-state index >= 15 is 0 Å². The second-order valence-electron chi connectivity index (χ2n) is 5.74. The first kappa shape index (κ1) is 17.9. The van der Waals surface area contributed by atoms with Gasteiger partial charge in [0.1, 0.15) is 19.0 Å². The van der Waals surface area contributed by atoms with Crippen molar-refractivity contribution < 1.29 is 19.0 Å². The van der Waals surface area contributed by atoms with E-state index in [2.05, 4.69) is 5.32 Å². The zero-order valence-corrected chi connectivity index (χ0v) is 14.9. The third-order valence-corrected chi connectivity index (χ3v) is 4.16. The van der Waals surface area contributed by atoms with Crippen molar-refractivity contribution in [1.82, 2.24) is 5.32 Å². The van der Waals surface area contributed by atoms with E-state index in [4.69, 9.17) is 31.1 Å². The molecule has 0 fully saturated rings. The monoisotopic (exact) mass is 372 g/mol. The highest BCUT2D eigenvalue weighted by atomic mass is 35.5. The first-order chi connectivity index (χ1) is 12.6. The van der Waals surface area contributed by atoms with Gasteiger partial charge in [-0.15, -0.1) is 0 Å². The minimum absolute atomic E-state index is 0.180. The second kappa shape index (κ2) is 7.98. The maximum Gasteiger partial charge on any atom is 0.258 e. The van der Waals surface area contributed by atoms with Gasteiger partial charge in [-0.3, -0.25) is 4.79 Å². The summed E-state index contributed by atoms with van der Waals surface area (Å²) >= 11 is 6.03. The molecule has 1 N–H and O–H groups in total. The SMILES string of the molecule is C[C@H](NC(=O)COc1ccc(C#N)cc1Cl)c1ccc2c(c1)OCCO2. The molecule has 0 bridgehead atoms. The van der Waals surface area contributed by atoms with Crippen molar-refractivity contribution >= 4 is 17.5 Å². The zero-order valence-electron chi connectivity index (χ0n) is 14.1. The third-order valence-electron chi connectivity index (χ3n) is 3.86. The van der Waals surface area contributed by atoms with Gasteiger partial charge in [-0.2, -0.15) is 5.26 Å². The van der Waals surface area contributed by atoms with Crippen LogP contribution >= 0.6 is 11.6 Å². The van der Waals surface area contributed by atoms with E-state index in [-0.39, 0.29) is 23.6 Å². The number of carbonyl (C=O) groups excluding carboxylic acids is 1. The molecule has 3 rings (SSSR count). The van der Waals surface area contributed by atoms with E-state index in [0.717, 1.165) is 5.56 Å². The Labute approximate surface area is 156 Å². The summed E-state index contributed by atoms with van der Waals surface area (Å²) in [5.41, 5.74) is 1.33. The van der Waals surface area contributed by atoms with Crippen LogP contribution in [0.5, 0.6) is 17.2 Å². The molecule has 1 aliphatic heterocycles. The molecule has 6 nitrogen and oxygen atoms in total. The van der Waals surface area contributed by atoms with E-state index in [9.17, 15) is 4.79 Å². The molecule has 7 heteroatoms. The van der Waals surface area contributed by atoms with Crippen LogP contribution in [0.15, 0.2) is 36.4 Å². The number of nitrogens with zero attached hydrogens (tertiary/aromatic N) is 1. The van der Waals surface area contributed by atoms with Crippen LogP contribution in [-0.4, -0.2) is 25.7 Å². The maximum atomic E-state index is 12.1. The lowest BCUT2D eigenvalue weighted by atomic mass is 10.1. The maximum absolute atomic E-state index is 12.1. The van der Waals surface area contributed by atoms with E-state index in [1.807, 2.05) is 31.2 Å². The number of hydrogen-bond donors (Lipinski definition) is 1. The van der Waals surface area contributed by atoms with Gasteiger partial charge in [0.05, 0.1) is 22.7 Å². The molecule has 0 unspecified atom stereocenters. The summed E-state index contributed by atoms with van der Waals surface area (Å²) in [5, 5.41) is 12.0. The molecular weight excluding hydrogens is 356 g/mol. The molecule has 0 radical (unpaired) electrons. The summed E-state index contributed by atoms with van der Waals surface area (Å²) in [4.78, 5) is 12.1. The highest BCUT2D eigenvalue weighted by molar-refractivity contribution is 6.32. The van der Waals surface area contributed by atoms with Gasteiger partial charge >= 0.3 is 0 Å². The van der Waals surface area contributed by atoms with Crippen LogP contribution < -0.4 is 19.5 Å². The van der Waals surface area contributed by atoms with Gasteiger partial charge in [0.15, 0.2) is 18.1 Å². The lowest BCUT2D eigenvalue weighted by molar-refractivity contribution is -0.123. The van der Waals surface area contributed by atoms with Crippen molar-refractivity contribution in [3.8, 4) is 23.3 Å². The number of ether oxygens (including phenoxy) is 3. The second-order valence-corrected chi connectivity index (χ2v) is 6.15. The van der Waals surface area contributed by atoms with E-state index in [1.165, 1.54) is 6.07 Å². The fraction of sp³-hybridized carbons (Fsp3) is 0.263. The molecule has 0 aliphatic carbocycles. The first-order valence-electron chi connectivity index (χ1n) is 8.08. The van der Waals surface area contributed by atoms with E-state index in [1.54, 1.807) is 12.1 Å². The molecule has 1 amide bonds. The Balaban J connectivity index is 1.57. The van der Waals surface area contributed by atoms with Crippen LogP contribution in [0.25, 0.3) is 0 Å². The number of fused-ring (bicyclic) bond motifs is 1. The standard InChI is InChI=1S/C19H17ClN2O4/c1-12(14-3-5-17-18(9-14)25-7-6-24-17)22-19(23)11-26-16-4-2-13(10-21)8-15(16)20/h2-5,8-9,12H,6-7,11H2,1H3,(H,22,23)/t12-/m0/s1. The molecule has 26 heavy (non-hydrogen) atoms. The number of nitriles is 1. The van der Waals surface area contributed by atoms with Crippen LogP contribution in [0.2, 0.25) is 5.02 Å². The number of nitrogens with one attached hydrogen (secondary N) is 1. The normalized spacial score (nSPS) is 13.4. The lowest BCUT2D eigenvalue weighted by Crippen LogP contribution is -2.31. The van der Waals surface area contributed by atoms with E-state index < -0.39 is 0 Å². The summed E-state index contributed by atoms with van der Waals surface area (Å²) in [6.45, 7) is 2.74. The molecule has 2 aromatic carbocycles. The summed E-state index contributed by atoms with van der Waals surface area (Å²) in [6, 6.07) is 12.0. The fourth-order valence-electron chi connectivity index (χ4n) is 2.53.